The van der Waals surface area contributed by atoms with Gasteiger partial charge in [-0.25, -0.2) is 0 Å². The second kappa shape index (κ2) is 6.66. The molecule has 1 aliphatic heterocycles. The fourth-order valence-corrected chi connectivity index (χ4v) is 2.47. The van der Waals surface area contributed by atoms with Crippen LogP contribution in [-0.4, -0.2) is 36.8 Å². The Morgan fingerprint density at radius 2 is 1.83 bits per heavy atom. The van der Waals surface area contributed by atoms with Crippen molar-refractivity contribution in [2.75, 3.05) is 36.5 Å². The molecule has 0 radical (unpaired) electrons. The highest BCUT2D eigenvalue weighted by atomic mass is 16.5. The van der Waals surface area contributed by atoms with Gasteiger partial charge in [0, 0.05) is 49.3 Å². The van der Waals surface area contributed by atoms with Crippen molar-refractivity contribution < 1.29 is 9.53 Å². The summed E-state index contributed by atoms with van der Waals surface area (Å²) in [6.45, 7) is 3.22. The molecule has 0 bridgehead atoms. The fraction of sp³-hybridized carbons (Fsp3) is 0.294. The number of morpholine rings is 1. The molecule has 1 aromatic carbocycles. The molecule has 3 rings (SSSR count). The standard InChI is InChI=1S/C17H19N3O3/c1-19-7-6-13(12-16(19)21)17(22)18-14-2-4-15(5-3-14)20-8-10-23-11-9-20/h2-7,12H,8-11H2,1H3,(H,18,22). The summed E-state index contributed by atoms with van der Waals surface area (Å²) in [6.07, 6.45) is 1.58. The van der Waals surface area contributed by atoms with Crippen LogP contribution in [0, 0.1) is 0 Å². The van der Waals surface area contributed by atoms with E-state index in [1.807, 2.05) is 24.3 Å². The van der Waals surface area contributed by atoms with Gasteiger partial charge < -0.3 is 19.5 Å². The van der Waals surface area contributed by atoms with Crippen LogP contribution in [0.25, 0.3) is 0 Å². The van der Waals surface area contributed by atoms with Gasteiger partial charge in [0.1, 0.15) is 0 Å². The van der Waals surface area contributed by atoms with Crippen LogP contribution in [0.4, 0.5) is 11.4 Å². The van der Waals surface area contributed by atoms with Gasteiger partial charge in [-0.3, -0.25) is 9.59 Å². The number of carbonyl (C=O) groups excluding carboxylic acids is 1. The first-order valence-electron chi connectivity index (χ1n) is 7.54. The molecule has 6 nitrogen and oxygen atoms in total. The summed E-state index contributed by atoms with van der Waals surface area (Å²) in [5, 5.41) is 2.80. The van der Waals surface area contributed by atoms with Crippen molar-refractivity contribution in [2.24, 2.45) is 7.05 Å². The maximum absolute atomic E-state index is 12.2. The summed E-state index contributed by atoms with van der Waals surface area (Å²) < 4.78 is 6.76. The SMILES string of the molecule is Cn1ccc(C(=O)Nc2ccc(N3CCOCC3)cc2)cc1=O. The van der Waals surface area contributed by atoms with Crippen molar-refractivity contribution in [3.63, 3.8) is 0 Å². The van der Waals surface area contributed by atoms with E-state index in [1.165, 1.54) is 10.6 Å². The number of benzene rings is 1. The molecule has 1 aromatic heterocycles. The highest BCUT2D eigenvalue weighted by Gasteiger charge is 2.11. The van der Waals surface area contributed by atoms with E-state index >= 15 is 0 Å². The topological polar surface area (TPSA) is 63.6 Å². The third-order valence-corrected chi connectivity index (χ3v) is 3.87. The molecule has 1 aliphatic rings. The molecule has 2 aromatic rings. The van der Waals surface area contributed by atoms with E-state index in [4.69, 9.17) is 4.74 Å². The zero-order valence-corrected chi connectivity index (χ0v) is 13.0. The molecule has 1 saturated heterocycles. The number of nitrogens with one attached hydrogen (secondary N) is 1. The van der Waals surface area contributed by atoms with Crippen molar-refractivity contribution in [3.8, 4) is 0 Å². The number of carbonyl (C=O) groups is 1. The lowest BCUT2D eigenvalue weighted by Gasteiger charge is -2.28. The largest absolute Gasteiger partial charge is 0.378 e. The molecule has 120 valence electrons. The Kier molecular flexibility index (Phi) is 4.43. The number of nitrogens with zero attached hydrogens (tertiary/aromatic N) is 2. The Labute approximate surface area is 134 Å². The molecule has 0 spiro atoms. The van der Waals surface area contributed by atoms with Crippen LogP contribution in [0.2, 0.25) is 0 Å². The van der Waals surface area contributed by atoms with Gasteiger partial charge in [0.25, 0.3) is 11.5 Å². The Morgan fingerprint density at radius 1 is 1.13 bits per heavy atom. The number of anilines is 2. The van der Waals surface area contributed by atoms with Gasteiger partial charge in [-0.15, -0.1) is 0 Å². The first kappa shape index (κ1) is 15.3. The highest BCUT2D eigenvalue weighted by Crippen LogP contribution is 2.19. The minimum absolute atomic E-state index is 0.208. The lowest BCUT2D eigenvalue weighted by molar-refractivity contribution is 0.102. The Balaban J connectivity index is 1.68. The van der Waals surface area contributed by atoms with Gasteiger partial charge in [0.15, 0.2) is 0 Å². The van der Waals surface area contributed by atoms with Gasteiger partial charge >= 0.3 is 0 Å². The molecule has 2 heterocycles. The number of hydrogen-bond donors (Lipinski definition) is 1. The Morgan fingerprint density at radius 3 is 2.48 bits per heavy atom. The van der Waals surface area contributed by atoms with E-state index in [0.29, 0.717) is 11.3 Å². The summed E-state index contributed by atoms with van der Waals surface area (Å²) in [5.74, 6) is -0.290. The van der Waals surface area contributed by atoms with Crippen LogP contribution >= 0.6 is 0 Å². The van der Waals surface area contributed by atoms with Gasteiger partial charge in [-0.1, -0.05) is 0 Å². The summed E-state index contributed by atoms with van der Waals surface area (Å²) in [4.78, 5) is 26.0. The fourth-order valence-electron chi connectivity index (χ4n) is 2.47. The highest BCUT2D eigenvalue weighted by molar-refractivity contribution is 6.04. The number of aromatic nitrogens is 1. The van der Waals surface area contributed by atoms with Crippen molar-refractivity contribution in [1.29, 1.82) is 0 Å². The maximum Gasteiger partial charge on any atom is 0.255 e. The smallest absolute Gasteiger partial charge is 0.255 e. The average molecular weight is 313 g/mol. The number of aryl methyl sites for hydroxylation is 1. The summed E-state index contributed by atoms with van der Waals surface area (Å²) in [5.41, 5.74) is 1.96. The van der Waals surface area contributed by atoms with E-state index in [1.54, 1.807) is 19.3 Å². The molecule has 0 unspecified atom stereocenters. The molecular weight excluding hydrogens is 294 g/mol. The van der Waals surface area contributed by atoms with E-state index < -0.39 is 0 Å². The number of hydrogen-bond acceptors (Lipinski definition) is 4. The molecular formula is C17H19N3O3. The van der Waals surface area contributed by atoms with Gasteiger partial charge in [-0.2, -0.15) is 0 Å². The van der Waals surface area contributed by atoms with E-state index in [9.17, 15) is 9.59 Å². The first-order chi connectivity index (χ1) is 11.1. The van der Waals surface area contributed by atoms with Crippen molar-refractivity contribution >= 4 is 17.3 Å². The van der Waals surface area contributed by atoms with E-state index in [0.717, 1.165) is 32.0 Å². The second-order valence-electron chi connectivity index (χ2n) is 5.46. The summed E-state index contributed by atoms with van der Waals surface area (Å²) in [7, 11) is 1.65. The molecule has 6 heteroatoms. The minimum atomic E-state index is -0.290. The number of pyridine rings is 1. The number of ether oxygens (including phenoxy) is 1. The predicted octanol–water partition coefficient (Wildman–Crippen LogP) is 1.47. The molecule has 1 N–H and O–H groups in total. The van der Waals surface area contributed by atoms with Crippen LogP contribution in [0.15, 0.2) is 47.4 Å². The van der Waals surface area contributed by atoms with Gasteiger partial charge in [0.2, 0.25) is 0 Å². The molecule has 0 atom stereocenters. The minimum Gasteiger partial charge on any atom is -0.378 e. The summed E-state index contributed by atoms with van der Waals surface area (Å²) >= 11 is 0. The molecule has 0 aliphatic carbocycles. The van der Waals surface area contributed by atoms with Crippen LogP contribution in [-0.2, 0) is 11.8 Å². The van der Waals surface area contributed by atoms with Crippen LogP contribution in [0.1, 0.15) is 10.4 Å². The van der Waals surface area contributed by atoms with E-state index in [2.05, 4.69) is 10.2 Å². The maximum atomic E-state index is 12.2. The van der Waals surface area contributed by atoms with Crippen molar-refractivity contribution in [3.05, 3.63) is 58.5 Å². The average Bonchev–Trinajstić information content (AvgIpc) is 2.59. The first-order valence-corrected chi connectivity index (χ1v) is 7.54. The molecule has 1 amide bonds. The number of amides is 1. The number of rotatable bonds is 3. The Bertz CT molecular complexity index is 746. The van der Waals surface area contributed by atoms with Gasteiger partial charge in [-0.05, 0) is 30.3 Å². The molecule has 0 saturated carbocycles. The predicted molar refractivity (Wildman–Crippen MR) is 89.1 cm³/mol. The van der Waals surface area contributed by atoms with Crippen molar-refractivity contribution in [1.82, 2.24) is 4.57 Å². The van der Waals surface area contributed by atoms with Crippen LogP contribution in [0.5, 0.6) is 0 Å². The normalized spacial score (nSPS) is 14.6. The monoisotopic (exact) mass is 313 g/mol. The van der Waals surface area contributed by atoms with Crippen LogP contribution < -0.4 is 15.8 Å². The zero-order chi connectivity index (χ0) is 16.2. The van der Waals surface area contributed by atoms with Gasteiger partial charge in [0.05, 0.1) is 13.2 Å². The molecule has 23 heavy (non-hydrogen) atoms. The lowest BCUT2D eigenvalue weighted by atomic mass is 10.2. The molecule has 1 fully saturated rings. The zero-order valence-electron chi connectivity index (χ0n) is 13.0. The lowest BCUT2D eigenvalue weighted by Crippen LogP contribution is -2.36. The second-order valence-corrected chi connectivity index (χ2v) is 5.46. The summed E-state index contributed by atoms with van der Waals surface area (Å²) in [6, 6.07) is 10.6. The van der Waals surface area contributed by atoms with Crippen LogP contribution in [0.3, 0.4) is 0 Å². The third kappa shape index (κ3) is 3.60. The Hall–Kier alpha value is -2.60. The van der Waals surface area contributed by atoms with Crippen molar-refractivity contribution in [2.45, 2.75) is 0 Å². The third-order valence-electron chi connectivity index (χ3n) is 3.87. The van der Waals surface area contributed by atoms with E-state index in [-0.39, 0.29) is 11.5 Å². The quantitative estimate of drug-likeness (QED) is 0.932.